The van der Waals surface area contributed by atoms with Gasteiger partial charge in [-0.05, 0) is 25.8 Å². The molecular formula is C9H18N2. The molecular weight excluding hydrogens is 136 g/mol. The highest BCUT2D eigenvalue weighted by molar-refractivity contribution is 4.59. The van der Waals surface area contributed by atoms with Gasteiger partial charge in [-0.1, -0.05) is 13.8 Å². The maximum Gasteiger partial charge on any atom is 0.270 e. The van der Waals surface area contributed by atoms with Gasteiger partial charge in [0.05, 0.1) is 0 Å². The molecule has 0 aromatic heterocycles. The average Bonchev–Trinajstić information content (AvgIpc) is 1.87. The van der Waals surface area contributed by atoms with E-state index in [0.717, 1.165) is 12.5 Å². The fourth-order valence-electron chi connectivity index (χ4n) is 0.961. The van der Waals surface area contributed by atoms with Crippen molar-refractivity contribution in [2.24, 2.45) is 5.92 Å². The molecule has 2 heteroatoms. The summed E-state index contributed by atoms with van der Waals surface area (Å²) in [5, 5.41) is 0. The Bertz CT molecular complexity index is 124. The minimum Gasteiger partial charge on any atom is -0.299 e. The lowest BCUT2D eigenvalue weighted by atomic mass is 10.1. The maximum absolute atomic E-state index is 6.64. The molecule has 2 nitrogen and oxygen atoms in total. The van der Waals surface area contributed by atoms with Crippen LogP contribution in [0.1, 0.15) is 26.7 Å². The van der Waals surface area contributed by atoms with Gasteiger partial charge in [-0.3, -0.25) is 4.85 Å². The van der Waals surface area contributed by atoms with Gasteiger partial charge in [0.2, 0.25) is 0 Å². The fourth-order valence-corrected chi connectivity index (χ4v) is 0.961. The van der Waals surface area contributed by atoms with Crippen LogP contribution < -0.4 is 0 Å². The first-order chi connectivity index (χ1) is 5.16. The van der Waals surface area contributed by atoms with Gasteiger partial charge in [0.15, 0.2) is 0 Å². The van der Waals surface area contributed by atoms with Crippen molar-refractivity contribution in [2.45, 2.75) is 26.7 Å². The SMILES string of the molecule is [C-]#[N+]CN(C)CCCC(C)C. The summed E-state index contributed by atoms with van der Waals surface area (Å²) in [7, 11) is 2.00. The summed E-state index contributed by atoms with van der Waals surface area (Å²) in [6.07, 6.45) is 2.48. The molecule has 0 radical (unpaired) electrons. The molecule has 64 valence electrons. The Morgan fingerprint density at radius 2 is 2.09 bits per heavy atom. The summed E-state index contributed by atoms with van der Waals surface area (Å²) in [6.45, 7) is 12.7. The predicted octanol–water partition coefficient (Wildman–Crippen LogP) is 2.23. The lowest BCUT2D eigenvalue weighted by Crippen LogP contribution is -2.18. The lowest BCUT2D eigenvalue weighted by molar-refractivity contribution is 0.347. The molecule has 0 bridgehead atoms. The van der Waals surface area contributed by atoms with E-state index in [1.54, 1.807) is 0 Å². The van der Waals surface area contributed by atoms with E-state index in [1.165, 1.54) is 12.8 Å². The van der Waals surface area contributed by atoms with Gasteiger partial charge >= 0.3 is 0 Å². The zero-order chi connectivity index (χ0) is 8.69. The second-order valence-corrected chi connectivity index (χ2v) is 3.42. The summed E-state index contributed by atoms with van der Waals surface area (Å²) in [4.78, 5) is 5.37. The minimum absolute atomic E-state index is 0.540. The summed E-state index contributed by atoms with van der Waals surface area (Å²) < 4.78 is 0. The smallest absolute Gasteiger partial charge is 0.270 e. The number of nitrogens with zero attached hydrogens (tertiary/aromatic N) is 2. The molecule has 0 aromatic rings. The van der Waals surface area contributed by atoms with Crippen LogP contribution in [-0.4, -0.2) is 25.2 Å². The molecule has 0 spiro atoms. The second kappa shape index (κ2) is 6.18. The highest BCUT2D eigenvalue weighted by Gasteiger charge is 1.99. The predicted molar refractivity (Wildman–Crippen MR) is 48.2 cm³/mol. The molecule has 0 saturated carbocycles. The first-order valence-electron chi connectivity index (χ1n) is 4.18. The van der Waals surface area contributed by atoms with Crippen molar-refractivity contribution >= 4 is 0 Å². The molecule has 0 aliphatic rings. The molecule has 0 saturated heterocycles. The van der Waals surface area contributed by atoms with E-state index >= 15 is 0 Å². The molecule has 0 N–H and O–H groups in total. The highest BCUT2D eigenvalue weighted by atomic mass is 15.1. The van der Waals surface area contributed by atoms with E-state index in [1.807, 2.05) is 7.05 Å². The third kappa shape index (κ3) is 7.35. The van der Waals surface area contributed by atoms with Crippen LogP contribution >= 0.6 is 0 Å². The molecule has 0 unspecified atom stereocenters. The zero-order valence-electron chi connectivity index (χ0n) is 7.80. The number of hydrogen-bond acceptors (Lipinski definition) is 1. The summed E-state index contributed by atoms with van der Waals surface area (Å²) in [6, 6.07) is 0. The topological polar surface area (TPSA) is 7.60 Å². The van der Waals surface area contributed by atoms with Crippen LogP contribution in [0.2, 0.25) is 0 Å². The van der Waals surface area contributed by atoms with Crippen molar-refractivity contribution in [3.8, 4) is 0 Å². The van der Waals surface area contributed by atoms with Gasteiger partial charge in [-0.2, -0.15) is 0 Å². The van der Waals surface area contributed by atoms with Crippen molar-refractivity contribution in [3.63, 3.8) is 0 Å². The Morgan fingerprint density at radius 1 is 1.45 bits per heavy atom. The van der Waals surface area contributed by atoms with Crippen molar-refractivity contribution in [1.82, 2.24) is 4.90 Å². The van der Waals surface area contributed by atoms with Crippen LogP contribution in [-0.2, 0) is 0 Å². The van der Waals surface area contributed by atoms with Crippen LogP contribution in [0.3, 0.4) is 0 Å². The molecule has 0 aromatic carbocycles. The van der Waals surface area contributed by atoms with Crippen molar-refractivity contribution in [2.75, 3.05) is 20.3 Å². The molecule has 0 fully saturated rings. The first kappa shape index (κ1) is 10.4. The van der Waals surface area contributed by atoms with Gasteiger partial charge in [-0.15, -0.1) is 0 Å². The van der Waals surface area contributed by atoms with Crippen molar-refractivity contribution in [1.29, 1.82) is 0 Å². The Hall–Kier alpha value is -0.550. The third-order valence-corrected chi connectivity index (χ3v) is 1.63. The van der Waals surface area contributed by atoms with Crippen LogP contribution in [0.4, 0.5) is 0 Å². The lowest BCUT2D eigenvalue weighted by Gasteiger charge is -2.10. The summed E-state index contributed by atoms with van der Waals surface area (Å²) in [5.74, 6) is 0.788. The molecule has 0 rings (SSSR count). The minimum atomic E-state index is 0.540. The van der Waals surface area contributed by atoms with E-state index in [4.69, 9.17) is 6.57 Å². The molecule has 0 heterocycles. The fraction of sp³-hybridized carbons (Fsp3) is 0.889. The molecule has 11 heavy (non-hydrogen) atoms. The van der Waals surface area contributed by atoms with Crippen molar-refractivity contribution in [3.05, 3.63) is 11.4 Å². The standard InChI is InChI=1S/C9H18N2/c1-9(2)6-5-7-11(4)8-10-3/h9H,5-8H2,1-2,4H3. The quantitative estimate of drug-likeness (QED) is 0.551. The van der Waals surface area contributed by atoms with Crippen LogP contribution in [0.25, 0.3) is 4.85 Å². The Balaban J connectivity index is 3.18. The largest absolute Gasteiger partial charge is 0.299 e. The number of rotatable bonds is 5. The Morgan fingerprint density at radius 3 is 2.55 bits per heavy atom. The molecule has 0 aliphatic carbocycles. The molecule has 0 aliphatic heterocycles. The van der Waals surface area contributed by atoms with E-state index in [0.29, 0.717) is 6.67 Å². The van der Waals surface area contributed by atoms with E-state index < -0.39 is 0 Å². The normalized spacial score (nSPS) is 10.5. The second-order valence-electron chi connectivity index (χ2n) is 3.42. The highest BCUT2D eigenvalue weighted by Crippen LogP contribution is 2.03. The van der Waals surface area contributed by atoms with Crippen LogP contribution in [0.15, 0.2) is 0 Å². The first-order valence-corrected chi connectivity index (χ1v) is 4.18. The van der Waals surface area contributed by atoms with Gasteiger partial charge in [0.25, 0.3) is 6.67 Å². The number of hydrogen-bond donors (Lipinski definition) is 0. The summed E-state index contributed by atoms with van der Waals surface area (Å²) in [5.41, 5.74) is 0. The average molecular weight is 154 g/mol. The zero-order valence-corrected chi connectivity index (χ0v) is 7.80. The van der Waals surface area contributed by atoms with Gasteiger partial charge in [-0.25, -0.2) is 11.5 Å². The Kier molecular flexibility index (Phi) is 5.87. The van der Waals surface area contributed by atoms with Gasteiger partial charge < -0.3 is 0 Å². The summed E-state index contributed by atoms with van der Waals surface area (Å²) >= 11 is 0. The van der Waals surface area contributed by atoms with Crippen LogP contribution in [0, 0.1) is 12.5 Å². The Labute approximate surface area is 70.0 Å². The van der Waals surface area contributed by atoms with E-state index in [-0.39, 0.29) is 0 Å². The molecule has 0 amide bonds. The van der Waals surface area contributed by atoms with Gasteiger partial charge in [0, 0.05) is 6.54 Å². The molecule has 0 atom stereocenters. The van der Waals surface area contributed by atoms with E-state index in [9.17, 15) is 0 Å². The van der Waals surface area contributed by atoms with Crippen molar-refractivity contribution < 1.29 is 0 Å². The monoisotopic (exact) mass is 154 g/mol. The maximum atomic E-state index is 6.64. The van der Waals surface area contributed by atoms with Gasteiger partial charge in [0.1, 0.15) is 0 Å². The van der Waals surface area contributed by atoms with E-state index in [2.05, 4.69) is 23.6 Å². The van der Waals surface area contributed by atoms with Crippen LogP contribution in [0.5, 0.6) is 0 Å². The third-order valence-electron chi connectivity index (χ3n) is 1.63.